The van der Waals surface area contributed by atoms with Crippen LogP contribution in [0.15, 0.2) is 28.8 Å². The molecule has 0 unspecified atom stereocenters. The van der Waals surface area contributed by atoms with Gasteiger partial charge in [-0.25, -0.2) is 0 Å². The van der Waals surface area contributed by atoms with Crippen LogP contribution in [0.5, 0.6) is 11.5 Å². The summed E-state index contributed by atoms with van der Waals surface area (Å²) in [7, 11) is 3.01. The molecule has 3 rings (SSSR count). The summed E-state index contributed by atoms with van der Waals surface area (Å²) in [5.41, 5.74) is -0.0846. The molecule has 1 heterocycles. The fraction of sp³-hybridized carbons (Fsp3) is 0.412. The summed E-state index contributed by atoms with van der Waals surface area (Å²) in [5.74, 6) is 0.728. The Morgan fingerprint density at radius 2 is 1.92 bits per heavy atom. The van der Waals surface area contributed by atoms with Gasteiger partial charge in [-0.1, -0.05) is 5.16 Å². The van der Waals surface area contributed by atoms with Crippen LogP contribution in [0.25, 0.3) is 11.3 Å². The molecule has 0 radical (unpaired) electrons. The maximum atomic E-state index is 12.3. The van der Waals surface area contributed by atoms with Gasteiger partial charge in [-0.2, -0.15) is 13.2 Å². The lowest BCUT2D eigenvalue weighted by molar-refractivity contribution is -0.140. The van der Waals surface area contributed by atoms with Crippen molar-refractivity contribution >= 4 is 5.91 Å². The van der Waals surface area contributed by atoms with Gasteiger partial charge in [0.15, 0.2) is 17.3 Å². The van der Waals surface area contributed by atoms with Gasteiger partial charge < -0.3 is 19.3 Å². The number of carbonyl (C=O) groups excluding carboxylic acids is 1. The molecule has 0 spiro atoms. The molecule has 0 saturated heterocycles. The van der Waals surface area contributed by atoms with E-state index in [0.29, 0.717) is 41.4 Å². The SMILES string of the molecule is COc1ccc(-c2cc(C3(C(=O)NCC(F)(F)F)CC3)no2)cc1OC. The molecule has 1 amide bonds. The molecule has 0 atom stereocenters. The molecule has 1 fully saturated rings. The van der Waals surface area contributed by atoms with E-state index in [-0.39, 0.29) is 0 Å². The third kappa shape index (κ3) is 3.47. The molecular formula is C17H17F3N2O4. The standard InChI is InChI=1S/C17H17F3N2O4/c1-24-11-4-3-10(7-13(11)25-2)12-8-14(22-26-12)16(5-6-16)15(23)21-9-17(18,19)20/h3-4,7-8H,5-6,9H2,1-2H3,(H,21,23). The largest absolute Gasteiger partial charge is 0.493 e. The number of hydrogen-bond acceptors (Lipinski definition) is 5. The summed E-state index contributed by atoms with van der Waals surface area (Å²) < 4.78 is 52.6. The first kappa shape index (κ1) is 18.1. The average molecular weight is 370 g/mol. The van der Waals surface area contributed by atoms with Gasteiger partial charge >= 0.3 is 6.18 Å². The van der Waals surface area contributed by atoms with Crippen LogP contribution >= 0.6 is 0 Å². The number of nitrogens with zero attached hydrogens (tertiary/aromatic N) is 1. The van der Waals surface area contributed by atoms with Crippen molar-refractivity contribution in [2.45, 2.75) is 24.4 Å². The topological polar surface area (TPSA) is 73.6 Å². The highest BCUT2D eigenvalue weighted by molar-refractivity contribution is 5.91. The molecule has 1 aromatic carbocycles. The average Bonchev–Trinajstić information content (AvgIpc) is 3.28. The van der Waals surface area contributed by atoms with Crippen LogP contribution in [0, 0.1) is 0 Å². The summed E-state index contributed by atoms with van der Waals surface area (Å²) in [6.45, 7) is -1.37. The lowest BCUT2D eigenvalue weighted by Crippen LogP contribution is -2.40. The normalized spacial score (nSPS) is 15.4. The number of nitrogens with one attached hydrogen (secondary N) is 1. The van der Waals surface area contributed by atoms with Gasteiger partial charge in [-0.3, -0.25) is 4.79 Å². The molecular weight excluding hydrogens is 353 g/mol. The predicted octanol–water partition coefficient (Wildman–Crippen LogP) is 3.07. The number of benzene rings is 1. The molecule has 0 bridgehead atoms. The van der Waals surface area contributed by atoms with Crippen molar-refractivity contribution in [1.82, 2.24) is 10.5 Å². The van der Waals surface area contributed by atoms with E-state index in [0.717, 1.165) is 0 Å². The van der Waals surface area contributed by atoms with Crippen molar-refractivity contribution in [2.24, 2.45) is 0 Å². The van der Waals surface area contributed by atoms with Gasteiger partial charge in [-0.05, 0) is 31.0 Å². The third-order valence-electron chi connectivity index (χ3n) is 4.30. The van der Waals surface area contributed by atoms with Crippen LogP contribution in [0.4, 0.5) is 13.2 Å². The molecule has 1 aliphatic rings. The number of amides is 1. The van der Waals surface area contributed by atoms with Crippen LogP contribution < -0.4 is 14.8 Å². The van der Waals surface area contributed by atoms with Crippen LogP contribution in [-0.4, -0.2) is 38.0 Å². The first-order valence-corrected chi connectivity index (χ1v) is 7.84. The fourth-order valence-corrected chi connectivity index (χ4v) is 2.70. The van der Waals surface area contributed by atoms with Crippen LogP contribution in [-0.2, 0) is 10.2 Å². The Bertz CT molecular complexity index is 813. The highest BCUT2D eigenvalue weighted by Gasteiger charge is 2.54. The summed E-state index contributed by atoms with van der Waals surface area (Å²) >= 11 is 0. The van der Waals surface area contributed by atoms with E-state index >= 15 is 0 Å². The third-order valence-corrected chi connectivity index (χ3v) is 4.30. The highest BCUT2D eigenvalue weighted by atomic mass is 19.4. The Hall–Kier alpha value is -2.71. The Labute approximate surface area is 147 Å². The number of methoxy groups -OCH3 is 2. The Morgan fingerprint density at radius 3 is 2.50 bits per heavy atom. The molecule has 26 heavy (non-hydrogen) atoms. The molecule has 1 saturated carbocycles. The molecule has 6 nitrogen and oxygen atoms in total. The minimum atomic E-state index is -4.46. The van der Waals surface area contributed by atoms with E-state index in [4.69, 9.17) is 14.0 Å². The Morgan fingerprint density at radius 1 is 1.23 bits per heavy atom. The number of rotatable bonds is 6. The van der Waals surface area contributed by atoms with Crippen LogP contribution in [0.1, 0.15) is 18.5 Å². The van der Waals surface area contributed by atoms with E-state index in [1.54, 1.807) is 24.3 Å². The number of halogens is 3. The van der Waals surface area contributed by atoms with E-state index in [2.05, 4.69) is 5.16 Å². The number of hydrogen-bond donors (Lipinski definition) is 1. The van der Waals surface area contributed by atoms with Gasteiger partial charge in [0.25, 0.3) is 0 Å². The van der Waals surface area contributed by atoms with Crippen molar-refractivity contribution in [3.63, 3.8) is 0 Å². The number of carbonyl (C=O) groups is 1. The fourth-order valence-electron chi connectivity index (χ4n) is 2.70. The Balaban J connectivity index is 1.81. The number of alkyl halides is 3. The predicted molar refractivity (Wildman–Crippen MR) is 85.0 cm³/mol. The van der Waals surface area contributed by atoms with E-state index in [1.165, 1.54) is 14.2 Å². The van der Waals surface area contributed by atoms with Gasteiger partial charge in [-0.15, -0.1) is 0 Å². The molecule has 9 heteroatoms. The first-order chi connectivity index (χ1) is 12.3. The second kappa shape index (κ2) is 6.54. The van der Waals surface area contributed by atoms with Gasteiger partial charge in [0, 0.05) is 11.6 Å². The molecule has 1 aromatic heterocycles. The summed E-state index contributed by atoms with van der Waals surface area (Å²) in [6, 6.07) is 6.68. The number of ether oxygens (including phenoxy) is 2. The van der Waals surface area contributed by atoms with Crippen molar-refractivity contribution in [3.05, 3.63) is 30.0 Å². The Kier molecular flexibility index (Phi) is 4.55. The van der Waals surface area contributed by atoms with Gasteiger partial charge in [0.2, 0.25) is 5.91 Å². The summed E-state index contributed by atoms with van der Waals surface area (Å²) in [4.78, 5) is 12.2. The van der Waals surface area contributed by atoms with Crippen LogP contribution in [0.3, 0.4) is 0 Å². The molecule has 0 aliphatic heterocycles. The minimum Gasteiger partial charge on any atom is -0.493 e. The van der Waals surface area contributed by atoms with Crippen molar-refractivity contribution in [1.29, 1.82) is 0 Å². The molecule has 2 aromatic rings. The van der Waals surface area contributed by atoms with Crippen molar-refractivity contribution in [3.8, 4) is 22.8 Å². The van der Waals surface area contributed by atoms with Gasteiger partial charge in [0.1, 0.15) is 6.54 Å². The summed E-state index contributed by atoms with van der Waals surface area (Å²) in [5, 5.41) is 5.83. The smallest absolute Gasteiger partial charge is 0.405 e. The second-order valence-electron chi connectivity index (χ2n) is 6.03. The van der Waals surface area contributed by atoms with E-state index in [1.807, 2.05) is 5.32 Å². The zero-order valence-electron chi connectivity index (χ0n) is 14.1. The number of aromatic nitrogens is 1. The quantitative estimate of drug-likeness (QED) is 0.846. The minimum absolute atomic E-state index is 0.321. The second-order valence-corrected chi connectivity index (χ2v) is 6.03. The van der Waals surface area contributed by atoms with Gasteiger partial charge in [0.05, 0.1) is 25.3 Å². The van der Waals surface area contributed by atoms with Crippen molar-refractivity contribution in [2.75, 3.05) is 20.8 Å². The lowest BCUT2D eigenvalue weighted by Gasteiger charge is -2.13. The zero-order chi connectivity index (χ0) is 18.9. The van der Waals surface area contributed by atoms with E-state index < -0.39 is 24.0 Å². The summed E-state index contributed by atoms with van der Waals surface area (Å²) in [6.07, 6.45) is -3.61. The monoisotopic (exact) mass is 370 g/mol. The molecule has 140 valence electrons. The molecule has 1 aliphatic carbocycles. The maximum absolute atomic E-state index is 12.3. The first-order valence-electron chi connectivity index (χ1n) is 7.84. The maximum Gasteiger partial charge on any atom is 0.405 e. The zero-order valence-corrected chi connectivity index (χ0v) is 14.1. The molecule has 1 N–H and O–H groups in total. The highest BCUT2D eigenvalue weighted by Crippen LogP contribution is 2.49. The van der Waals surface area contributed by atoms with Crippen LogP contribution in [0.2, 0.25) is 0 Å². The van der Waals surface area contributed by atoms with Crippen molar-refractivity contribution < 1.29 is 32.0 Å². The lowest BCUT2D eigenvalue weighted by atomic mass is 10.0. The van der Waals surface area contributed by atoms with E-state index in [9.17, 15) is 18.0 Å².